The molecule has 1 saturated heterocycles. The first-order chi connectivity index (χ1) is 10.8. The third-order valence-corrected chi connectivity index (χ3v) is 4.08. The Labute approximate surface area is 133 Å². The molecule has 0 spiro atoms. The molecule has 2 aromatic rings. The highest BCUT2D eigenvalue weighted by atomic mass is 16.6. The van der Waals surface area contributed by atoms with E-state index in [4.69, 9.17) is 9.47 Å². The lowest BCUT2D eigenvalue weighted by atomic mass is 10.0. The Kier molecular flexibility index (Phi) is 5.12. The van der Waals surface area contributed by atoms with Gasteiger partial charge in [0.2, 0.25) is 0 Å². The Morgan fingerprint density at radius 2 is 1.73 bits per heavy atom. The summed E-state index contributed by atoms with van der Waals surface area (Å²) in [5.74, 6) is 1.02. The van der Waals surface area contributed by atoms with E-state index in [1.807, 2.05) is 6.07 Å². The number of hydrogen-bond donors (Lipinski definition) is 0. The second-order valence-corrected chi connectivity index (χ2v) is 6.07. The molecule has 2 nitrogen and oxygen atoms in total. The predicted octanol–water partition coefficient (Wildman–Crippen LogP) is 4.34. The number of epoxide rings is 1. The lowest BCUT2D eigenvalue weighted by Crippen LogP contribution is -2.05. The summed E-state index contributed by atoms with van der Waals surface area (Å²) in [5.41, 5.74) is 4.07. The van der Waals surface area contributed by atoms with Gasteiger partial charge in [0.15, 0.2) is 0 Å². The van der Waals surface area contributed by atoms with Crippen molar-refractivity contribution in [1.29, 1.82) is 0 Å². The molecule has 116 valence electrons. The maximum Gasteiger partial charge on any atom is 0.122 e. The molecule has 0 aliphatic carbocycles. The molecular weight excluding hydrogens is 272 g/mol. The quantitative estimate of drug-likeness (QED) is 0.534. The van der Waals surface area contributed by atoms with Gasteiger partial charge in [0.25, 0.3) is 0 Å². The summed E-state index contributed by atoms with van der Waals surface area (Å²) in [6, 6.07) is 17.2. The van der Waals surface area contributed by atoms with Gasteiger partial charge in [-0.05, 0) is 49.8 Å². The summed E-state index contributed by atoms with van der Waals surface area (Å²) in [7, 11) is 0. The zero-order valence-corrected chi connectivity index (χ0v) is 13.3. The number of ether oxygens (including phenoxy) is 2. The van der Waals surface area contributed by atoms with Gasteiger partial charge >= 0.3 is 0 Å². The Morgan fingerprint density at radius 3 is 2.50 bits per heavy atom. The normalized spacial score (nSPS) is 16.5. The van der Waals surface area contributed by atoms with Crippen LogP contribution in [0.5, 0.6) is 5.75 Å². The number of unbranched alkanes of at least 4 members (excludes halogenated alkanes) is 1. The zero-order valence-electron chi connectivity index (χ0n) is 13.3. The van der Waals surface area contributed by atoms with Crippen LogP contribution in [0.4, 0.5) is 0 Å². The highest BCUT2D eigenvalue weighted by molar-refractivity contribution is 5.33. The molecule has 1 fully saturated rings. The molecule has 2 aromatic carbocycles. The van der Waals surface area contributed by atoms with Gasteiger partial charge in [-0.3, -0.25) is 0 Å². The fraction of sp³-hybridized carbons (Fsp3) is 0.400. The zero-order chi connectivity index (χ0) is 15.2. The van der Waals surface area contributed by atoms with Gasteiger partial charge < -0.3 is 9.47 Å². The smallest absolute Gasteiger partial charge is 0.122 e. The molecule has 22 heavy (non-hydrogen) atoms. The second-order valence-electron chi connectivity index (χ2n) is 6.07. The van der Waals surface area contributed by atoms with E-state index in [1.165, 1.54) is 29.5 Å². The highest BCUT2D eigenvalue weighted by Gasteiger charge is 2.23. The number of rotatable bonds is 8. The molecule has 0 amide bonds. The average Bonchev–Trinajstić information content (AvgIpc) is 3.36. The highest BCUT2D eigenvalue weighted by Crippen LogP contribution is 2.22. The van der Waals surface area contributed by atoms with Crippen molar-refractivity contribution in [3.63, 3.8) is 0 Å². The van der Waals surface area contributed by atoms with E-state index >= 15 is 0 Å². The average molecular weight is 296 g/mol. The Morgan fingerprint density at radius 1 is 1.00 bits per heavy atom. The summed E-state index contributed by atoms with van der Waals surface area (Å²) in [6.07, 6.45) is 4.94. The lowest BCUT2D eigenvalue weighted by Gasteiger charge is -2.10. The molecule has 0 aromatic heterocycles. The Balaban J connectivity index is 1.45. The fourth-order valence-corrected chi connectivity index (χ4v) is 2.60. The maximum absolute atomic E-state index is 5.86. The maximum atomic E-state index is 5.86. The van der Waals surface area contributed by atoms with Gasteiger partial charge in [-0.15, -0.1) is 0 Å². The molecule has 0 saturated carbocycles. The number of para-hydroxylation sites is 1. The summed E-state index contributed by atoms with van der Waals surface area (Å²) in [4.78, 5) is 0. The van der Waals surface area contributed by atoms with Crippen molar-refractivity contribution in [2.24, 2.45) is 0 Å². The van der Waals surface area contributed by atoms with Crippen LogP contribution in [0, 0.1) is 6.92 Å². The third-order valence-electron chi connectivity index (χ3n) is 4.08. The topological polar surface area (TPSA) is 21.8 Å². The first-order valence-electron chi connectivity index (χ1n) is 8.19. The van der Waals surface area contributed by atoms with Crippen LogP contribution >= 0.6 is 0 Å². The van der Waals surface area contributed by atoms with Crippen LogP contribution in [0.1, 0.15) is 29.5 Å². The van der Waals surface area contributed by atoms with Crippen molar-refractivity contribution in [1.82, 2.24) is 0 Å². The minimum atomic E-state index is 0.314. The number of hydrogen-bond acceptors (Lipinski definition) is 2. The minimum absolute atomic E-state index is 0.314. The van der Waals surface area contributed by atoms with Crippen LogP contribution in [-0.4, -0.2) is 19.3 Å². The van der Waals surface area contributed by atoms with Crippen molar-refractivity contribution in [3.05, 3.63) is 65.2 Å². The molecule has 1 atom stereocenters. The fourth-order valence-electron chi connectivity index (χ4n) is 2.60. The standard InChI is InChI=1S/C20H24O2/c1-16-10-12-17(13-11-16)6-2-3-7-18-8-4-5-9-20(18)22-15-19-14-21-19/h4-5,8-13,19H,2-3,6-7,14-15H2,1H3. The van der Waals surface area contributed by atoms with E-state index in [9.17, 15) is 0 Å². The van der Waals surface area contributed by atoms with Crippen molar-refractivity contribution in [3.8, 4) is 5.75 Å². The van der Waals surface area contributed by atoms with E-state index < -0.39 is 0 Å². The van der Waals surface area contributed by atoms with Crippen LogP contribution in [-0.2, 0) is 17.6 Å². The van der Waals surface area contributed by atoms with Gasteiger partial charge in [0.1, 0.15) is 18.5 Å². The van der Waals surface area contributed by atoms with Crippen molar-refractivity contribution >= 4 is 0 Å². The van der Waals surface area contributed by atoms with Gasteiger partial charge in [-0.25, -0.2) is 0 Å². The largest absolute Gasteiger partial charge is 0.491 e. The first-order valence-corrected chi connectivity index (χ1v) is 8.19. The first kappa shape index (κ1) is 15.1. The molecule has 1 aliphatic heterocycles. The number of aryl methyl sites for hydroxylation is 3. The van der Waals surface area contributed by atoms with Gasteiger partial charge in [-0.1, -0.05) is 48.0 Å². The second kappa shape index (κ2) is 7.46. The van der Waals surface area contributed by atoms with Crippen molar-refractivity contribution < 1.29 is 9.47 Å². The molecule has 0 radical (unpaired) electrons. The van der Waals surface area contributed by atoms with E-state index in [1.54, 1.807) is 0 Å². The lowest BCUT2D eigenvalue weighted by molar-refractivity contribution is 0.261. The number of benzene rings is 2. The van der Waals surface area contributed by atoms with Crippen molar-refractivity contribution in [2.45, 2.75) is 38.7 Å². The molecule has 1 aliphatic rings. The van der Waals surface area contributed by atoms with Crippen LogP contribution in [0.3, 0.4) is 0 Å². The molecular formula is C20H24O2. The summed E-state index contributed by atoms with van der Waals surface area (Å²) in [5, 5.41) is 0. The molecule has 1 unspecified atom stereocenters. The van der Waals surface area contributed by atoms with E-state index in [0.29, 0.717) is 12.7 Å². The monoisotopic (exact) mass is 296 g/mol. The molecule has 3 rings (SSSR count). The summed E-state index contributed by atoms with van der Waals surface area (Å²) in [6.45, 7) is 3.66. The SMILES string of the molecule is Cc1ccc(CCCCc2ccccc2OCC2CO2)cc1. The van der Waals surface area contributed by atoms with Gasteiger partial charge in [-0.2, -0.15) is 0 Å². The van der Waals surface area contributed by atoms with Crippen LogP contribution in [0.25, 0.3) is 0 Å². The van der Waals surface area contributed by atoms with Crippen molar-refractivity contribution in [2.75, 3.05) is 13.2 Å². The molecule has 0 N–H and O–H groups in total. The van der Waals surface area contributed by atoms with Crippen LogP contribution in [0.2, 0.25) is 0 Å². The third kappa shape index (κ3) is 4.60. The van der Waals surface area contributed by atoms with E-state index in [0.717, 1.165) is 25.2 Å². The minimum Gasteiger partial charge on any atom is -0.491 e. The van der Waals surface area contributed by atoms with Gasteiger partial charge in [0, 0.05) is 0 Å². The van der Waals surface area contributed by atoms with Gasteiger partial charge in [0.05, 0.1) is 6.61 Å². The molecule has 1 heterocycles. The summed E-state index contributed by atoms with van der Waals surface area (Å²) >= 11 is 0. The molecule has 2 heteroatoms. The van der Waals surface area contributed by atoms with E-state index in [2.05, 4.69) is 49.4 Å². The predicted molar refractivity (Wildman–Crippen MR) is 89.5 cm³/mol. The molecule has 0 bridgehead atoms. The van der Waals surface area contributed by atoms with Crippen LogP contribution < -0.4 is 4.74 Å². The Hall–Kier alpha value is -1.80. The Bertz CT molecular complexity index is 585. The summed E-state index contributed by atoms with van der Waals surface area (Å²) < 4.78 is 11.1. The van der Waals surface area contributed by atoms with Crippen LogP contribution in [0.15, 0.2) is 48.5 Å². The van der Waals surface area contributed by atoms with E-state index in [-0.39, 0.29) is 0 Å².